The number of nitrogens with one attached hydrogen (secondary N) is 1. The van der Waals surface area contributed by atoms with Crippen LogP contribution in [-0.4, -0.2) is 19.9 Å². The van der Waals surface area contributed by atoms with Crippen LogP contribution in [0.5, 0.6) is 11.5 Å². The highest BCUT2D eigenvalue weighted by Crippen LogP contribution is 2.27. The molecule has 0 radical (unpaired) electrons. The fourth-order valence-corrected chi connectivity index (χ4v) is 1.75. The molecule has 2 aromatic rings. The smallest absolute Gasteiger partial charge is 0.174 e. The lowest BCUT2D eigenvalue weighted by atomic mass is 10.2. The van der Waals surface area contributed by atoms with E-state index in [-0.39, 0.29) is 12.3 Å². The molecule has 0 atom stereocenters. The van der Waals surface area contributed by atoms with Crippen molar-refractivity contribution in [1.82, 2.24) is 0 Å². The highest BCUT2D eigenvalue weighted by molar-refractivity contribution is 5.81. The van der Waals surface area contributed by atoms with E-state index in [1.165, 1.54) is 19.4 Å². The third-order valence-corrected chi connectivity index (χ3v) is 2.81. The van der Waals surface area contributed by atoms with Gasteiger partial charge in [0.15, 0.2) is 23.9 Å². The van der Waals surface area contributed by atoms with Crippen molar-refractivity contribution in [1.29, 1.82) is 5.26 Å². The minimum atomic E-state index is -0.736. The molecule has 0 amide bonds. The van der Waals surface area contributed by atoms with E-state index in [0.29, 0.717) is 17.1 Å². The summed E-state index contributed by atoms with van der Waals surface area (Å²) in [5, 5.41) is 12.4. The molecule has 2 aromatic carbocycles. The van der Waals surface area contributed by atoms with Gasteiger partial charge in [-0.05, 0) is 35.9 Å². The fraction of sp³-hybridized carbons (Fsp3) is 0.125. The molecule has 0 aliphatic carbocycles. The number of hydrazone groups is 1. The zero-order valence-electron chi connectivity index (χ0n) is 12.2. The number of methoxy groups -OCH3 is 1. The monoisotopic (exact) mass is 317 g/mol. The van der Waals surface area contributed by atoms with Crippen LogP contribution in [0.15, 0.2) is 41.5 Å². The Hall–Kier alpha value is -3.14. The number of hydrogen-bond donors (Lipinski definition) is 1. The fourth-order valence-electron chi connectivity index (χ4n) is 1.75. The van der Waals surface area contributed by atoms with E-state index in [0.717, 1.165) is 12.1 Å². The van der Waals surface area contributed by atoms with E-state index in [1.807, 2.05) is 6.07 Å². The van der Waals surface area contributed by atoms with Crippen molar-refractivity contribution in [3.05, 3.63) is 53.6 Å². The lowest BCUT2D eigenvalue weighted by Gasteiger charge is -2.08. The molecular weight excluding hydrogens is 304 g/mol. The first-order chi connectivity index (χ1) is 11.1. The third kappa shape index (κ3) is 4.41. The first-order valence-electron chi connectivity index (χ1n) is 6.56. The number of ether oxygens (including phenoxy) is 2. The first-order valence-corrected chi connectivity index (χ1v) is 6.56. The van der Waals surface area contributed by atoms with Crippen molar-refractivity contribution < 1.29 is 18.3 Å². The molecule has 7 heteroatoms. The molecule has 5 nitrogen and oxygen atoms in total. The molecule has 0 fully saturated rings. The average Bonchev–Trinajstić information content (AvgIpc) is 2.55. The van der Waals surface area contributed by atoms with Gasteiger partial charge in [0.05, 0.1) is 19.0 Å². The van der Waals surface area contributed by atoms with Crippen molar-refractivity contribution in [3.63, 3.8) is 0 Å². The Kier molecular flexibility index (Phi) is 5.47. The Morgan fingerprint density at radius 2 is 2.04 bits per heavy atom. The van der Waals surface area contributed by atoms with Crippen LogP contribution in [0.4, 0.5) is 14.5 Å². The predicted molar refractivity (Wildman–Crippen MR) is 81.7 cm³/mol. The minimum absolute atomic E-state index is 0.0589. The molecule has 0 saturated heterocycles. The van der Waals surface area contributed by atoms with Gasteiger partial charge in [-0.15, -0.1) is 0 Å². The van der Waals surface area contributed by atoms with Gasteiger partial charge in [-0.2, -0.15) is 10.4 Å². The summed E-state index contributed by atoms with van der Waals surface area (Å²) in [6.07, 6.45) is 1.44. The molecule has 0 aliphatic heterocycles. The number of hydrogen-bond acceptors (Lipinski definition) is 5. The van der Waals surface area contributed by atoms with Crippen LogP contribution in [0.25, 0.3) is 0 Å². The average molecular weight is 317 g/mol. The summed E-state index contributed by atoms with van der Waals surface area (Å²) in [5.41, 5.74) is 3.21. The van der Waals surface area contributed by atoms with Gasteiger partial charge < -0.3 is 9.47 Å². The maximum atomic E-state index is 13.4. The van der Waals surface area contributed by atoms with E-state index in [2.05, 4.69) is 10.5 Å². The van der Waals surface area contributed by atoms with Gasteiger partial charge in [0.2, 0.25) is 0 Å². The molecule has 0 bridgehead atoms. The van der Waals surface area contributed by atoms with E-state index in [1.54, 1.807) is 18.2 Å². The van der Waals surface area contributed by atoms with E-state index < -0.39 is 11.6 Å². The summed E-state index contributed by atoms with van der Waals surface area (Å²) in [6.45, 7) is -0.0881. The summed E-state index contributed by atoms with van der Waals surface area (Å²) >= 11 is 0. The van der Waals surface area contributed by atoms with Gasteiger partial charge in [0, 0.05) is 6.07 Å². The van der Waals surface area contributed by atoms with Crippen molar-refractivity contribution in [2.75, 3.05) is 19.1 Å². The summed E-state index contributed by atoms with van der Waals surface area (Å²) in [6, 6.07) is 10.00. The van der Waals surface area contributed by atoms with Crippen molar-refractivity contribution in [2.45, 2.75) is 0 Å². The number of rotatable bonds is 6. The molecule has 0 unspecified atom stereocenters. The van der Waals surface area contributed by atoms with Gasteiger partial charge >= 0.3 is 0 Å². The third-order valence-electron chi connectivity index (χ3n) is 2.81. The van der Waals surface area contributed by atoms with Crippen LogP contribution < -0.4 is 14.9 Å². The molecule has 2 rings (SSSR count). The topological polar surface area (TPSA) is 66.6 Å². The molecule has 1 N–H and O–H groups in total. The minimum Gasteiger partial charge on any atom is -0.493 e. The maximum Gasteiger partial charge on any atom is 0.174 e. The summed E-state index contributed by atoms with van der Waals surface area (Å²) in [7, 11) is 1.47. The summed E-state index contributed by atoms with van der Waals surface area (Å²) in [4.78, 5) is 0. The molecule has 0 aliphatic rings. The van der Waals surface area contributed by atoms with Gasteiger partial charge in [-0.3, -0.25) is 5.43 Å². The normalized spacial score (nSPS) is 10.3. The molecule has 0 spiro atoms. The van der Waals surface area contributed by atoms with E-state index >= 15 is 0 Å². The van der Waals surface area contributed by atoms with Crippen molar-refractivity contribution in [2.24, 2.45) is 5.10 Å². The van der Waals surface area contributed by atoms with Gasteiger partial charge in [0.25, 0.3) is 0 Å². The Morgan fingerprint density at radius 1 is 1.22 bits per heavy atom. The lowest BCUT2D eigenvalue weighted by molar-refractivity contribution is 0.329. The number of nitrogens with zero attached hydrogens (tertiary/aromatic N) is 2. The zero-order valence-corrected chi connectivity index (χ0v) is 12.2. The Balaban J connectivity index is 2.09. The Bertz CT molecular complexity index is 757. The maximum absolute atomic E-state index is 13.4. The predicted octanol–water partition coefficient (Wildman–Crippen LogP) is 3.32. The standard InChI is InChI=1S/C16H13F2N3O2/c1-22-16-8-11(2-5-15(16)23-7-6-19)10-20-21-14-4-3-12(17)9-13(14)18/h2-5,8-10,21H,7H2,1H3/b20-10-. The van der Waals surface area contributed by atoms with Crippen LogP contribution in [0, 0.1) is 23.0 Å². The van der Waals surface area contributed by atoms with Crippen LogP contribution in [0.2, 0.25) is 0 Å². The highest BCUT2D eigenvalue weighted by Gasteiger charge is 2.05. The second-order valence-electron chi connectivity index (χ2n) is 4.35. The molecule has 0 aromatic heterocycles. The quantitative estimate of drug-likeness (QED) is 0.655. The zero-order chi connectivity index (χ0) is 16.7. The van der Waals surface area contributed by atoms with Gasteiger partial charge in [0.1, 0.15) is 11.9 Å². The van der Waals surface area contributed by atoms with Crippen LogP contribution >= 0.6 is 0 Å². The van der Waals surface area contributed by atoms with Crippen LogP contribution in [0.1, 0.15) is 5.56 Å². The van der Waals surface area contributed by atoms with Crippen LogP contribution in [0.3, 0.4) is 0 Å². The summed E-state index contributed by atoms with van der Waals surface area (Å²) < 4.78 is 36.6. The van der Waals surface area contributed by atoms with E-state index in [4.69, 9.17) is 14.7 Å². The number of halogens is 2. The van der Waals surface area contributed by atoms with Gasteiger partial charge in [-0.1, -0.05) is 0 Å². The number of anilines is 1. The Morgan fingerprint density at radius 3 is 2.74 bits per heavy atom. The van der Waals surface area contributed by atoms with Gasteiger partial charge in [-0.25, -0.2) is 8.78 Å². The second kappa shape index (κ2) is 7.75. The molecule has 0 saturated carbocycles. The van der Waals surface area contributed by atoms with Crippen molar-refractivity contribution >= 4 is 11.9 Å². The molecule has 23 heavy (non-hydrogen) atoms. The summed E-state index contributed by atoms with van der Waals surface area (Å²) in [5.74, 6) is -0.518. The molecule has 0 heterocycles. The largest absolute Gasteiger partial charge is 0.493 e. The molecule has 118 valence electrons. The second-order valence-corrected chi connectivity index (χ2v) is 4.35. The number of nitriles is 1. The number of benzene rings is 2. The SMILES string of the molecule is COc1cc(/C=N\Nc2ccc(F)cc2F)ccc1OCC#N. The first kappa shape index (κ1) is 16.2. The van der Waals surface area contributed by atoms with E-state index in [9.17, 15) is 8.78 Å². The molecular formula is C16H13F2N3O2. The van der Waals surface area contributed by atoms with Crippen molar-refractivity contribution in [3.8, 4) is 17.6 Å². The Labute approximate surface area is 131 Å². The highest BCUT2D eigenvalue weighted by atomic mass is 19.1. The van der Waals surface area contributed by atoms with Crippen LogP contribution in [-0.2, 0) is 0 Å². The lowest BCUT2D eigenvalue weighted by Crippen LogP contribution is -1.98.